The maximum atomic E-state index is 12.8. The highest BCUT2D eigenvalue weighted by molar-refractivity contribution is 5.94. The lowest BCUT2D eigenvalue weighted by Gasteiger charge is -2.57. The molecule has 0 saturated carbocycles. The minimum atomic E-state index is -0.0625. The minimum absolute atomic E-state index is 0.0128. The number of amides is 1. The monoisotopic (exact) mass is 422 g/mol. The Morgan fingerprint density at radius 3 is 2.45 bits per heavy atom. The van der Waals surface area contributed by atoms with Gasteiger partial charge in [0.05, 0.1) is 30.4 Å². The first-order valence-corrected chi connectivity index (χ1v) is 11.3. The lowest BCUT2D eigenvalue weighted by atomic mass is 9.82. The summed E-state index contributed by atoms with van der Waals surface area (Å²) in [5.41, 5.74) is 2.94. The van der Waals surface area contributed by atoms with Gasteiger partial charge in [-0.1, -0.05) is 0 Å². The largest absolute Gasteiger partial charge is 0.491 e. The van der Waals surface area contributed by atoms with Gasteiger partial charge in [-0.25, -0.2) is 9.97 Å². The van der Waals surface area contributed by atoms with Crippen molar-refractivity contribution in [2.75, 3.05) is 37.7 Å². The molecular weight excluding hydrogens is 392 g/mol. The van der Waals surface area contributed by atoms with Crippen LogP contribution in [0.5, 0.6) is 5.75 Å². The van der Waals surface area contributed by atoms with E-state index in [4.69, 9.17) is 9.47 Å². The molecule has 164 valence electrons. The normalized spacial score (nSPS) is 19.1. The Morgan fingerprint density at radius 2 is 1.90 bits per heavy atom. The van der Waals surface area contributed by atoms with Crippen molar-refractivity contribution in [1.82, 2.24) is 14.9 Å². The Bertz CT molecular complexity index is 946. The van der Waals surface area contributed by atoms with E-state index in [0.29, 0.717) is 18.8 Å². The van der Waals surface area contributed by atoms with Crippen molar-refractivity contribution in [2.24, 2.45) is 0 Å². The molecule has 2 aromatic rings. The second kappa shape index (κ2) is 8.11. The van der Waals surface area contributed by atoms with Crippen molar-refractivity contribution >= 4 is 11.6 Å². The number of hydrogen-bond acceptors (Lipinski definition) is 6. The molecule has 1 aromatic carbocycles. The summed E-state index contributed by atoms with van der Waals surface area (Å²) in [7, 11) is 0. The Hall–Kier alpha value is -2.67. The molecule has 3 aliphatic heterocycles. The first kappa shape index (κ1) is 20.2. The molecule has 3 saturated heterocycles. The predicted octanol–water partition coefficient (Wildman–Crippen LogP) is 2.87. The van der Waals surface area contributed by atoms with Crippen molar-refractivity contribution in [1.29, 1.82) is 0 Å². The number of carbonyl (C=O) groups excluding carboxylic acids is 1. The summed E-state index contributed by atoms with van der Waals surface area (Å²) in [6, 6.07) is 6.49. The topological polar surface area (TPSA) is 67.8 Å². The van der Waals surface area contributed by atoms with Gasteiger partial charge in [0.1, 0.15) is 11.6 Å². The average molecular weight is 423 g/mol. The van der Waals surface area contributed by atoms with Gasteiger partial charge in [0.25, 0.3) is 5.91 Å². The maximum absolute atomic E-state index is 12.8. The highest BCUT2D eigenvalue weighted by atomic mass is 16.5. The third-order valence-corrected chi connectivity index (χ3v) is 6.49. The first-order valence-electron chi connectivity index (χ1n) is 11.3. The minimum Gasteiger partial charge on any atom is -0.491 e. The van der Waals surface area contributed by atoms with Crippen molar-refractivity contribution in [3.8, 4) is 5.75 Å². The van der Waals surface area contributed by atoms with Crippen LogP contribution in [0.25, 0.3) is 0 Å². The highest BCUT2D eigenvalue weighted by Crippen LogP contribution is 2.38. The van der Waals surface area contributed by atoms with Crippen LogP contribution in [0, 0.1) is 0 Å². The van der Waals surface area contributed by atoms with E-state index in [9.17, 15) is 4.79 Å². The maximum Gasteiger partial charge on any atom is 0.257 e. The van der Waals surface area contributed by atoms with Crippen LogP contribution in [-0.4, -0.2) is 65.3 Å². The van der Waals surface area contributed by atoms with Gasteiger partial charge in [0.2, 0.25) is 0 Å². The molecule has 1 aromatic heterocycles. The smallest absolute Gasteiger partial charge is 0.257 e. The Morgan fingerprint density at radius 1 is 1.13 bits per heavy atom. The van der Waals surface area contributed by atoms with Crippen LogP contribution < -0.4 is 9.64 Å². The van der Waals surface area contributed by atoms with Gasteiger partial charge >= 0.3 is 0 Å². The number of anilines is 1. The van der Waals surface area contributed by atoms with E-state index in [1.165, 1.54) is 17.7 Å². The summed E-state index contributed by atoms with van der Waals surface area (Å²) in [6.45, 7) is 8.39. The van der Waals surface area contributed by atoms with E-state index >= 15 is 0 Å². The van der Waals surface area contributed by atoms with E-state index in [1.807, 2.05) is 18.7 Å². The van der Waals surface area contributed by atoms with E-state index in [-0.39, 0.29) is 17.6 Å². The Kier molecular flexibility index (Phi) is 5.30. The number of aromatic nitrogens is 2. The highest BCUT2D eigenvalue weighted by Gasteiger charge is 2.53. The third-order valence-electron chi connectivity index (χ3n) is 6.49. The van der Waals surface area contributed by atoms with E-state index in [0.717, 1.165) is 50.5 Å². The molecule has 0 bridgehead atoms. The molecule has 0 radical (unpaired) electrons. The fraction of sp³-hybridized carbons (Fsp3) is 0.542. The van der Waals surface area contributed by atoms with Crippen LogP contribution in [-0.2, 0) is 17.6 Å². The molecule has 7 nitrogen and oxygen atoms in total. The zero-order chi connectivity index (χ0) is 21.4. The molecule has 1 amide bonds. The second-order valence-electron chi connectivity index (χ2n) is 9.15. The van der Waals surface area contributed by atoms with Gasteiger partial charge in [-0.15, -0.1) is 0 Å². The van der Waals surface area contributed by atoms with Crippen molar-refractivity contribution in [2.45, 2.75) is 51.2 Å². The molecule has 0 N–H and O–H groups in total. The van der Waals surface area contributed by atoms with Crippen molar-refractivity contribution < 1.29 is 14.3 Å². The lowest BCUT2D eigenvalue weighted by Crippen LogP contribution is -2.72. The summed E-state index contributed by atoms with van der Waals surface area (Å²) < 4.78 is 11.3. The number of nitrogens with zero attached hydrogens (tertiary/aromatic N) is 4. The van der Waals surface area contributed by atoms with Crippen molar-refractivity contribution in [3.05, 3.63) is 47.5 Å². The molecule has 4 heterocycles. The zero-order valence-corrected chi connectivity index (χ0v) is 18.3. The van der Waals surface area contributed by atoms with Crippen molar-refractivity contribution in [3.63, 3.8) is 0 Å². The number of aryl methyl sites for hydroxylation is 2. The van der Waals surface area contributed by atoms with Crippen LogP contribution >= 0.6 is 0 Å². The fourth-order valence-corrected chi connectivity index (χ4v) is 4.39. The molecule has 3 aliphatic rings. The molecule has 7 heteroatoms. The number of benzene rings is 1. The molecule has 5 rings (SSSR count). The van der Waals surface area contributed by atoms with Gasteiger partial charge < -0.3 is 19.3 Å². The quantitative estimate of drug-likeness (QED) is 0.684. The number of hydrogen-bond donors (Lipinski definition) is 0. The number of rotatable bonds is 7. The predicted molar refractivity (Wildman–Crippen MR) is 118 cm³/mol. The van der Waals surface area contributed by atoms with Gasteiger partial charge in [0.15, 0.2) is 0 Å². The van der Waals surface area contributed by atoms with Crippen LogP contribution in [0.2, 0.25) is 0 Å². The summed E-state index contributed by atoms with van der Waals surface area (Å²) in [5.74, 6) is 1.68. The zero-order valence-electron chi connectivity index (χ0n) is 18.3. The summed E-state index contributed by atoms with van der Waals surface area (Å²) in [5, 5.41) is 0. The fourth-order valence-electron chi connectivity index (χ4n) is 4.39. The lowest BCUT2D eigenvalue weighted by molar-refractivity contribution is -0.172. The SMILES string of the molecule is CC(C)Oc1cc(CCc2ncc(C(=O)N3CCC34COC4)cn2)cc(N2CCC2)c1. The van der Waals surface area contributed by atoms with Gasteiger partial charge in [-0.05, 0) is 50.8 Å². The average Bonchev–Trinajstić information content (AvgIpc) is 2.63. The second-order valence-corrected chi connectivity index (χ2v) is 9.15. The van der Waals surface area contributed by atoms with Gasteiger partial charge in [-0.2, -0.15) is 0 Å². The molecular formula is C24H30N4O3. The number of likely N-dealkylation sites (tertiary alicyclic amines) is 1. The van der Waals surface area contributed by atoms with Crippen LogP contribution in [0.3, 0.4) is 0 Å². The standard InChI is InChI=1S/C24H30N4O3/c1-17(2)31-21-11-18(10-20(12-21)27-7-3-8-27)4-5-22-25-13-19(14-26-22)23(29)28-9-6-24(28)15-30-16-24/h10-14,17H,3-9,15-16H2,1-2H3. The van der Waals surface area contributed by atoms with E-state index in [2.05, 4.69) is 33.1 Å². The van der Waals surface area contributed by atoms with Crippen LogP contribution in [0.4, 0.5) is 5.69 Å². The number of ether oxygens (including phenoxy) is 2. The third kappa shape index (κ3) is 3.99. The molecule has 1 spiro atoms. The summed E-state index contributed by atoms with van der Waals surface area (Å²) in [4.78, 5) is 26.0. The van der Waals surface area contributed by atoms with Crippen LogP contribution in [0.15, 0.2) is 30.6 Å². The molecule has 3 fully saturated rings. The van der Waals surface area contributed by atoms with Gasteiger partial charge in [0, 0.05) is 50.2 Å². The summed E-state index contributed by atoms with van der Waals surface area (Å²) in [6.07, 6.45) is 7.30. The molecule has 31 heavy (non-hydrogen) atoms. The van der Waals surface area contributed by atoms with Crippen LogP contribution in [0.1, 0.15) is 48.4 Å². The van der Waals surface area contributed by atoms with Gasteiger partial charge in [-0.3, -0.25) is 4.79 Å². The van der Waals surface area contributed by atoms with E-state index < -0.39 is 0 Å². The first-order chi connectivity index (χ1) is 15.0. The molecule has 0 unspecified atom stereocenters. The number of carbonyl (C=O) groups is 1. The Labute approximate surface area is 183 Å². The summed E-state index contributed by atoms with van der Waals surface area (Å²) >= 11 is 0. The molecule has 0 aliphatic carbocycles. The Balaban J connectivity index is 1.24. The molecule has 0 atom stereocenters. The van der Waals surface area contributed by atoms with E-state index in [1.54, 1.807) is 12.4 Å².